The molecule has 0 fully saturated rings. The molecule has 7 nitrogen and oxygen atoms in total. The summed E-state index contributed by atoms with van der Waals surface area (Å²) in [5.41, 5.74) is 3.18. The van der Waals surface area contributed by atoms with Crippen LogP contribution < -0.4 is 14.8 Å². The third-order valence-corrected chi connectivity index (χ3v) is 5.97. The Bertz CT molecular complexity index is 1190. The maximum Gasteiger partial charge on any atom is 0.341 e. The zero-order valence-corrected chi connectivity index (χ0v) is 19.8. The van der Waals surface area contributed by atoms with Crippen LogP contribution >= 0.6 is 0 Å². The number of methoxy groups -OCH3 is 2. The molecule has 0 aromatic heterocycles. The molecule has 2 atom stereocenters. The summed E-state index contributed by atoms with van der Waals surface area (Å²) in [6.45, 7) is 0.141. The SMILES string of the molecule is COc1ccc(C2NC(=O)N=C(CCc3cccc(OC)c3)C2C(=O)OCc2ccccc2)cc1. The molecule has 3 aromatic carbocycles. The summed E-state index contributed by atoms with van der Waals surface area (Å²) in [7, 11) is 3.21. The maximum absolute atomic E-state index is 13.4. The van der Waals surface area contributed by atoms with Gasteiger partial charge in [0.15, 0.2) is 0 Å². The molecule has 0 radical (unpaired) electrons. The van der Waals surface area contributed by atoms with Gasteiger partial charge in [0.1, 0.15) is 24.0 Å². The van der Waals surface area contributed by atoms with E-state index in [9.17, 15) is 9.59 Å². The predicted octanol–water partition coefficient (Wildman–Crippen LogP) is 4.90. The summed E-state index contributed by atoms with van der Waals surface area (Å²) < 4.78 is 16.3. The molecule has 0 saturated heterocycles. The van der Waals surface area contributed by atoms with Gasteiger partial charge < -0.3 is 19.5 Å². The highest BCUT2D eigenvalue weighted by Crippen LogP contribution is 2.31. The van der Waals surface area contributed by atoms with Crippen molar-refractivity contribution < 1.29 is 23.8 Å². The number of hydrogen-bond acceptors (Lipinski definition) is 5. The zero-order chi connectivity index (χ0) is 24.6. The summed E-state index contributed by atoms with van der Waals surface area (Å²) in [5.74, 6) is 0.251. The highest BCUT2D eigenvalue weighted by Gasteiger charge is 2.39. The van der Waals surface area contributed by atoms with Gasteiger partial charge in [-0.25, -0.2) is 9.79 Å². The number of hydrogen-bond donors (Lipinski definition) is 1. The van der Waals surface area contributed by atoms with Crippen molar-refractivity contribution in [3.8, 4) is 11.5 Å². The molecule has 0 saturated carbocycles. The first-order chi connectivity index (χ1) is 17.1. The van der Waals surface area contributed by atoms with Gasteiger partial charge in [-0.3, -0.25) is 4.79 Å². The lowest BCUT2D eigenvalue weighted by molar-refractivity contribution is -0.148. The number of aliphatic imine (C=N–C) groups is 1. The molecule has 0 bridgehead atoms. The van der Waals surface area contributed by atoms with Crippen molar-refractivity contribution in [3.63, 3.8) is 0 Å². The second kappa shape index (κ2) is 11.3. The highest BCUT2D eigenvalue weighted by atomic mass is 16.5. The number of amides is 2. The van der Waals surface area contributed by atoms with Crippen molar-refractivity contribution in [2.24, 2.45) is 10.9 Å². The van der Waals surface area contributed by atoms with Crippen molar-refractivity contribution in [2.75, 3.05) is 14.2 Å². The molecule has 1 heterocycles. The third-order valence-electron chi connectivity index (χ3n) is 5.97. The Morgan fingerprint density at radius 3 is 2.29 bits per heavy atom. The van der Waals surface area contributed by atoms with Crippen molar-refractivity contribution in [1.29, 1.82) is 0 Å². The predicted molar refractivity (Wildman–Crippen MR) is 133 cm³/mol. The van der Waals surface area contributed by atoms with E-state index in [1.807, 2.05) is 66.7 Å². The number of carbonyl (C=O) groups excluding carboxylic acids is 2. The van der Waals surface area contributed by atoms with Gasteiger partial charge in [-0.1, -0.05) is 54.6 Å². The summed E-state index contributed by atoms with van der Waals surface area (Å²) in [6.07, 6.45) is 1.03. The van der Waals surface area contributed by atoms with Crippen LogP contribution in [0.15, 0.2) is 83.9 Å². The lowest BCUT2D eigenvalue weighted by Crippen LogP contribution is -2.45. The molecule has 2 unspecified atom stereocenters. The lowest BCUT2D eigenvalue weighted by Gasteiger charge is -2.31. The standard InChI is InChI=1S/C28H28N2O5/c1-33-22-14-12-21(13-15-22)26-25(27(31)35-18-20-7-4-3-5-8-20)24(29-28(32)30-26)16-11-19-9-6-10-23(17-19)34-2/h3-10,12-15,17,25-26H,11,16,18H2,1-2H3,(H,30,32). The van der Waals surface area contributed by atoms with Gasteiger partial charge in [-0.05, 0) is 53.8 Å². The number of ether oxygens (including phenoxy) is 3. The zero-order valence-electron chi connectivity index (χ0n) is 19.8. The summed E-state index contributed by atoms with van der Waals surface area (Å²) in [5, 5.41) is 2.86. The summed E-state index contributed by atoms with van der Waals surface area (Å²) in [6, 6.07) is 23.4. The van der Waals surface area contributed by atoms with Crippen molar-refractivity contribution in [1.82, 2.24) is 5.32 Å². The largest absolute Gasteiger partial charge is 0.497 e. The van der Waals surface area contributed by atoms with E-state index in [1.54, 1.807) is 26.4 Å². The molecule has 1 aliphatic rings. The molecule has 1 N–H and O–H groups in total. The van der Waals surface area contributed by atoms with Crippen LogP contribution in [0.5, 0.6) is 11.5 Å². The van der Waals surface area contributed by atoms with Gasteiger partial charge in [-0.2, -0.15) is 0 Å². The molecule has 180 valence electrons. The first-order valence-electron chi connectivity index (χ1n) is 11.4. The lowest BCUT2D eigenvalue weighted by atomic mass is 9.85. The molecule has 4 rings (SSSR count). The molecule has 3 aromatic rings. The van der Waals surface area contributed by atoms with Crippen molar-refractivity contribution in [3.05, 3.63) is 95.6 Å². The second-order valence-corrected chi connectivity index (χ2v) is 8.23. The Morgan fingerprint density at radius 2 is 1.57 bits per heavy atom. The van der Waals surface area contributed by atoms with Gasteiger partial charge in [0.05, 0.1) is 20.3 Å². The highest BCUT2D eigenvalue weighted by molar-refractivity contribution is 6.09. The fraction of sp³-hybridized carbons (Fsp3) is 0.250. The van der Waals surface area contributed by atoms with E-state index >= 15 is 0 Å². The third kappa shape index (κ3) is 6.06. The minimum atomic E-state index is -0.754. The number of nitrogens with zero attached hydrogens (tertiary/aromatic N) is 1. The van der Waals surface area contributed by atoms with Crippen LogP contribution in [0.1, 0.15) is 29.2 Å². The van der Waals surface area contributed by atoms with Gasteiger partial charge in [0, 0.05) is 5.71 Å². The number of urea groups is 1. The van der Waals surface area contributed by atoms with Gasteiger partial charge in [0.25, 0.3) is 0 Å². The van der Waals surface area contributed by atoms with E-state index < -0.39 is 24.0 Å². The van der Waals surface area contributed by atoms with E-state index in [0.29, 0.717) is 24.3 Å². The monoisotopic (exact) mass is 472 g/mol. The van der Waals surface area contributed by atoms with Gasteiger partial charge in [-0.15, -0.1) is 0 Å². The number of benzene rings is 3. The first-order valence-corrected chi connectivity index (χ1v) is 11.4. The molecular formula is C28H28N2O5. The number of nitrogens with one attached hydrogen (secondary N) is 1. The Kier molecular flexibility index (Phi) is 7.77. The summed E-state index contributed by atoms with van der Waals surface area (Å²) in [4.78, 5) is 30.2. The number of esters is 1. The minimum absolute atomic E-state index is 0.141. The fourth-order valence-electron chi connectivity index (χ4n) is 4.13. The number of carbonyl (C=O) groups is 2. The Hall–Kier alpha value is -4.13. The topological polar surface area (TPSA) is 86.2 Å². The van der Waals surface area contributed by atoms with E-state index in [0.717, 1.165) is 22.4 Å². The Balaban J connectivity index is 1.60. The summed E-state index contributed by atoms with van der Waals surface area (Å²) >= 11 is 0. The van der Waals surface area contributed by atoms with Crippen molar-refractivity contribution in [2.45, 2.75) is 25.5 Å². The van der Waals surface area contributed by atoms with Crippen LogP contribution in [-0.2, 0) is 22.6 Å². The molecule has 0 aliphatic carbocycles. The van der Waals surface area contributed by atoms with Crippen molar-refractivity contribution >= 4 is 17.7 Å². The van der Waals surface area contributed by atoms with Crippen LogP contribution in [0.4, 0.5) is 4.79 Å². The smallest absolute Gasteiger partial charge is 0.341 e. The Labute approximate surface area is 204 Å². The van der Waals surface area contributed by atoms with Crippen LogP contribution in [0.25, 0.3) is 0 Å². The molecule has 2 amide bonds. The van der Waals surface area contributed by atoms with E-state index in [-0.39, 0.29) is 6.61 Å². The van der Waals surface area contributed by atoms with E-state index in [2.05, 4.69) is 10.3 Å². The minimum Gasteiger partial charge on any atom is -0.497 e. The van der Waals surface area contributed by atoms with Crippen LogP contribution in [0.2, 0.25) is 0 Å². The van der Waals surface area contributed by atoms with Crippen LogP contribution in [-0.4, -0.2) is 31.9 Å². The van der Waals surface area contributed by atoms with E-state index in [4.69, 9.17) is 14.2 Å². The second-order valence-electron chi connectivity index (χ2n) is 8.23. The van der Waals surface area contributed by atoms with Gasteiger partial charge >= 0.3 is 12.0 Å². The first kappa shape index (κ1) is 24.0. The maximum atomic E-state index is 13.4. The average molecular weight is 473 g/mol. The molecule has 35 heavy (non-hydrogen) atoms. The van der Waals surface area contributed by atoms with Gasteiger partial charge in [0.2, 0.25) is 0 Å². The van der Waals surface area contributed by atoms with E-state index in [1.165, 1.54) is 0 Å². The fourth-order valence-corrected chi connectivity index (χ4v) is 4.13. The quantitative estimate of drug-likeness (QED) is 0.448. The number of rotatable bonds is 9. The molecule has 0 spiro atoms. The molecule has 7 heteroatoms. The van der Waals surface area contributed by atoms with Crippen LogP contribution in [0, 0.1) is 5.92 Å². The Morgan fingerprint density at radius 1 is 0.857 bits per heavy atom. The average Bonchev–Trinajstić information content (AvgIpc) is 2.91. The molecule has 1 aliphatic heterocycles. The van der Waals surface area contributed by atoms with Crippen LogP contribution in [0.3, 0.4) is 0 Å². The normalized spacial score (nSPS) is 17.2. The number of aryl methyl sites for hydroxylation is 1. The molecular weight excluding hydrogens is 444 g/mol.